The van der Waals surface area contributed by atoms with E-state index >= 15 is 0 Å². The molecule has 0 aliphatic rings. The van der Waals surface area contributed by atoms with Crippen molar-refractivity contribution in [2.24, 2.45) is 0 Å². The molecule has 1 unspecified atom stereocenters. The van der Waals surface area contributed by atoms with Gasteiger partial charge in [-0.1, -0.05) is 0 Å². The van der Waals surface area contributed by atoms with Gasteiger partial charge in [0.25, 0.3) is 0 Å². The van der Waals surface area contributed by atoms with Gasteiger partial charge in [0.2, 0.25) is 0 Å². The van der Waals surface area contributed by atoms with Crippen LogP contribution in [0.1, 0.15) is 32.7 Å². The van der Waals surface area contributed by atoms with Crippen molar-refractivity contribution in [2.75, 3.05) is 7.11 Å². The first-order chi connectivity index (χ1) is 9.11. The number of rotatable bonds is 5. The van der Waals surface area contributed by atoms with Gasteiger partial charge in [-0.25, -0.2) is 0 Å². The number of hydrogen-bond donors (Lipinski definition) is 0. The molecule has 102 valence electrons. The number of hydrogen-bond acceptors (Lipinski definition) is 4. The Labute approximate surface area is 113 Å². The van der Waals surface area contributed by atoms with Crippen LogP contribution in [0.2, 0.25) is 0 Å². The molecule has 2 aromatic rings. The average Bonchev–Trinajstić information content (AvgIpc) is 2.87. The fourth-order valence-electron chi connectivity index (χ4n) is 1.93. The van der Waals surface area contributed by atoms with Crippen molar-refractivity contribution < 1.29 is 9.47 Å². The van der Waals surface area contributed by atoms with Crippen molar-refractivity contribution in [1.82, 2.24) is 14.8 Å². The normalized spacial score (nSPS) is 12.7. The predicted molar refractivity (Wildman–Crippen MR) is 72.5 cm³/mol. The van der Waals surface area contributed by atoms with E-state index < -0.39 is 0 Å². The third kappa shape index (κ3) is 3.12. The van der Waals surface area contributed by atoms with Crippen molar-refractivity contribution in [2.45, 2.75) is 33.0 Å². The molecule has 5 heteroatoms. The highest BCUT2D eigenvalue weighted by atomic mass is 16.5. The van der Waals surface area contributed by atoms with Gasteiger partial charge >= 0.3 is 0 Å². The third-order valence-corrected chi connectivity index (χ3v) is 2.76. The van der Waals surface area contributed by atoms with E-state index in [1.807, 2.05) is 49.6 Å². The van der Waals surface area contributed by atoms with Crippen LogP contribution < -0.4 is 4.74 Å². The molecule has 1 heterocycles. The maximum atomic E-state index is 5.75. The van der Waals surface area contributed by atoms with E-state index in [2.05, 4.69) is 10.2 Å². The minimum absolute atomic E-state index is 0.107. The molecule has 0 bridgehead atoms. The summed E-state index contributed by atoms with van der Waals surface area (Å²) < 4.78 is 12.8. The van der Waals surface area contributed by atoms with Crippen LogP contribution >= 0.6 is 0 Å². The van der Waals surface area contributed by atoms with Gasteiger partial charge in [0, 0.05) is 5.69 Å². The molecule has 0 saturated carbocycles. The van der Waals surface area contributed by atoms with Gasteiger partial charge in [-0.05, 0) is 45.0 Å². The maximum Gasteiger partial charge on any atom is 0.166 e. The summed E-state index contributed by atoms with van der Waals surface area (Å²) in [6.07, 6.45) is 1.73. The van der Waals surface area contributed by atoms with Gasteiger partial charge in [0.05, 0.1) is 13.2 Å². The number of aromatic nitrogens is 3. The fraction of sp³-hybridized carbons (Fsp3) is 0.429. The monoisotopic (exact) mass is 261 g/mol. The van der Waals surface area contributed by atoms with E-state index in [4.69, 9.17) is 9.47 Å². The zero-order valence-corrected chi connectivity index (χ0v) is 11.7. The minimum atomic E-state index is -0.107. The van der Waals surface area contributed by atoms with Crippen LogP contribution in [0.4, 0.5) is 0 Å². The van der Waals surface area contributed by atoms with E-state index in [9.17, 15) is 0 Å². The molecule has 0 radical (unpaired) electrons. The molecule has 0 aliphatic carbocycles. The van der Waals surface area contributed by atoms with Crippen LogP contribution in [-0.2, 0) is 4.74 Å². The van der Waals surface area contributed by atoms with Crippen LogP contribution in [0.15, 0.2) is 30.6 Å². The molecule has 0 amide bonds. The lowest BCUT2D eigenvalue weighted by Gasteiger charge is -2.16. The topological polar surface area (TPSA) is 49.2 Å². The quantitative estimate of drug-likeness (QED) is 0.830. The average molecular weight is 261 g/mol. The van der Waals surface area contributed by atoms with Crippen molar-refractivity contribution in [3.05, 3.63) is 36.4 Å². The first-order valence-electron chi connectivity index (χ1n) is 6.31. The highest BCUT2D eigenvalue weighted by molar-refractivity contribution is 5.38. The molecule has 2 rings (SSSR count). The number of ether oxygens (including phenoxy) is 2. The van der Waals surface area contributed by atoms with E-state index in [0.29, 0.717) is 0 Å². The summed E-state index contributed by atoms with van der Waals surface area (Å²) in [6.45, 7) is 5.99. The fourth-order valence-corrected chi connectivity index (χ4v) is 1.93. The lowest BCUT2D eigenvalue weighted by Crippen LogP contribution is -2.12. The number of nitrogens with zero attached hydrogens (tertiary/aromatic N) is 3. The zero-order chi connectivity index (χ0) is 13.8. The Hall–Kier alpha value is -1.88. The SMILES string of the molecule is COc1ccc(-n2cnnc2C(C)OC(C)C)cc1. The molecule has 0 fully saturated rings. The summed E-state index contributed by atoms with van der Waals surface area (Å²) in [7, 11) is 1.65. The molecule has 1 atom stereocenters. The van der Waals surface area contributed by atoms with Gasteiger partial charge in [0.15, 0.2) is 5.82 Å². The molecular formula is C14H19N3O2. The minimum Gasteiger partial charge on any atom is -0.497 e. The van der Waals surface area contributed by atoms with Crippen molar-refractivity contribution in [3.63, 3.8) is 0 Å². The molecule has 0 N–H and O–H groups in total. The Morgan fingerprint density at radius 1 is 1.11 bits per heavy atom. The lowest BCUT2D eigenvalue weighted by molar-refractivity contribution is 0.0119. The third-order valence-electron chi connectivity index (χ3n) is 2.76. The summed E-state index contributed by atoms with van der Waals surface area (Å²) in [4.78, 5) is 0. The molecule has 0 aliphatic heterocycles. The van der Waals surface area contributed by atoms with Crippen LogP contribution in [0.25, 0.3) is 5.69 Å². The Morgan fingerprint density at radius 3 is 2.37 bits per heavy atom. The summed E-state index contributed by atoms with van der Waals surface area (Å²) >= 11 is 0. The second-order valence-electron chi connectivity index (χ2n) is 4.58. The van der Waals surface area contributed by atoms with Gasteiger partial charge < -0.3 is 9.47 Å². The molecule has 1 aromatic carbocycles. The molecule has 19 heavy (non-hydrogen) atoms. The molecule has 0 saturated heterocycles. The highest BCUT2D eigenvalue weighted by Gasteiger charge is 2.16. The first kappa shape index (κ1) is 13.5. The van der Waals surface area contributed by atoms with Crippen molar-refractivity contribution in [1.29, 1.82) is 0 Å². The smallest absolute Gasteiger partial charge is 0.166 e. The van der Waals surface area contributed by atoms with Gasteiger partial charge in [-0.3, -0.25) is 4.57 Å². The summed E-state index contributed by atoms with van der Waals surface area (Å²) in [5.74, 6) is 1.61. The predicted octanol–water partition coefficient (Wildman–Crippen LogP) is 2.76. The van der Waals surface area contributed by atoms with E-state index in [1.54, 1.807) is 13.4 Å². The maximum absolute atomic E-state index is 5.75. The first-order valence-corrected chi connectivity index (χ1v) is 6.31. The zero-order valence-electron chi connectivity index (χ0n) is 11.7. The van der Waals surface area contributed by atoms with Crippen molar-refractivity contribution >= 4 is 0 Å². The van der Waals surface area contributed by atoms with Crippen LogP contribution in [0.5, 0.6) is 5.75 Å². The van der Waals surface area contributed by atoms with E-state index in [0.717, 1.165) is 17.3 Å². The summed E-state index contributed by atoms with van der Waals surface area (Å²) in [5.41, 5.74) is 0.986. The van der Waals surface area contributed by atoms with Gasteiger partial charge in [-0.15, -0.1) is 10.2 Å². The summed E-state index contributed by atoms with van der Waals surface area (Å²) in [5, 5.41) is 8.12. The Kier molecular flexibility index (Phi) is 4.16. The van der Waals surface area contributed by atoms with E-state index in [-0.39, 0.29) is 12.2 Å². The Morgan fingerprint density at radius 2 is 1.79 bits per heavy atom. The number of benzene rings is 1. The summed E-state index contributed by atoms with van der Waals surface area (Å²) in [6, 6.07) is 7.75. The van der Waals surface area contributed by atoms with Crippen LogP contribution in [0, 0.1) is 0 Å². The molecule has 5 nitrogen and oxygen atoms in total. The van der Waals surface area contributed by atoms with Gasteiger partial charge in [0.1, 0.15) is 18.2 Å². The highest BCUT2D eigenvalue weighted by Crippen LogP contribution is 2.21. The Bertz CT molecular complexity index is 520. The number of methoxy groups -OCH3 is 1. The Balaban J connectivity index is 2.27. The standard InChI is InChI=1S/C14H19N3O2/c1-10(2)19-11(3)14-16-15-9-17(14)12-5-7-13(18-4)8-6-12/h5-11H,1-4H3. The van der Waals surface area contributed by atoms with Crippen molar-refractivity contribution in [3.8, 4) is 11.4 Å². The van der Waals surface area contributed by atoms with Crippen LogP contribution in [-0.4, -0.2) is 28.0 Å². The largest absolute Gasteiger partial charge is 0.497 e. The second-order valence-corrected chi connectivity index (χ2v) is 4.58. The van der Waals surface area contributed by atoms with Gasteiger partial charge in [-0.2, -0.15) is 0 Å². The molecule has 1 aromatic heterocycles. The molecular weight excluding hydrogens is 242 g/mol. The lowest BCUT2D eigenvalue weighted by atomic mass is 10.3. The van der Waals surface area contributed by atoms with Crippen LogP contribution in [0.3, 0.4) is 0 Å². The van der Waals surface area contributed by atoms with E-state index in [1.165, 1.54) is 0 Å². The molecule has 0 spiro atoms. The second kappa shape index (κ2) is 5.84.